The maximum Gasteiger partial charge on any atom is 0.223 e. The van der Waals surface area contributed by atoms with Gasteiger partial charge in [-0.05, 0) is 31.9 Å². The van der Waals surface area contributed by atoms with Gasteiger partial charge in [-0.2, -0.15) is 11.8 Å². The fourth-order valence-electron chi connectivity index (χ4n) is 2.83. The average Bonchev–Trinajstić information content (AvgIpc) is 2.51. The van der Waals surface area contributed by atoms with Gasteiger partial charge in [0, 0.05) is 41.7 Å². The number of carbonyl (C=O) groups excluding carboxylic acids is 1. The van der Waals surface area contributed by atoms with Crippen molar-refractivity contribution in [2.24, 2.45) is 5.92 Å². The molecule has 0 aromatic heterocycles. The third kappa shape index (κ3) is 6.09. The third-order valence-corrected chi connectivity index (χ3v) is 5.48. The second-order valence-corrected chi connectivity index (χ2v) is 9.27. The first kappa shape index (κ1) is 18.2. The molecule has 0 spiro atoms. The minimum atomic E-state index is 0.177. The van der Waals surface area contributed by atoms with Crippen molar-refractivity contribution in [3.63, 3.8) is 0 Å². The molecule has 2 rings (SSSR count). The average molecular weight is 335 g/mol. The Morgan fingerprint density at radius 3 is 2.39 bits per heavy atom. The molecular weight excluding hydrogens is 304 g/mol. The van der Waals surface area contributed by atoms with Gasteiger partial charge in [-0.1, -0.05) is 38.5 Å². The number of amides is 1. The van der Waals surface area contributed by atoms with Crippen molar-refractivity contribution in [2.45, 2.75) is 45.3 Å². The van der Waals surface area contributed by atoms with Crippen molar-refractivity contribution in [1.82, 2.24) is 5.32 Å². The summed E-state index contributed by atoms with van der Waals surface area (Å²) in [5, 5.41) is 3.11. The predicted octanol–water partition coefficient (Wildman–Crippen LogP) is 3.86. The van der Waals surface area contributed by atoms with Crippen LogP contribution in [-0.4, -0.2) is 36.0 Å². The summed E-state index contributed by atoms with van der Waals surface area (Å²) in [6.45, 7) is 11.5. The largest absolute Gasteiger partial charge is 0.371 e. The molecule has 0 bridgehead atoms. The normalized spacial score (nSPS) is 16.4. The van der Waals surface area contributed by atoms with E-state index in [1.54, 1.807) is 0 Å². The van der Waals surface area contributed by atoms with E-state index in [0.29, 0.717) is 0 Å². The molecule has 1 fully saturated rings. The smallest absolute Gasteiger partial charge is 0.223 e. The van der Waals surface area contributed by atoms with E-state index in [0.717, 1.165) is 38.2 Å². The molecular formula is C19H30N2OS. The number of piperidine rings is 1. The van der Waals surface area contributed by atoms with Crippen LogP contribution in [0.15, 0.2) is 24.3 Å². The van der Waals surface area contributed by atoms with Gasteiger partial charge in [0.05, 0.1) is 0 Å². The zero-order valence-corrected chi connectivity index (χ0v) is 15.7. The minimum Gasteiger partial charge on any atom is -0.371 e. The zero-order chi connectivity index (χ0) is 16.9. The number of carbonyl (C=O) groups is 1. The van der Waals surface area contributed by atoms with Crippen LogP contribution >= 0.6 is 11.8 Å². The number of benzene rings is 1. The van der Waals surface area contributed by atoms with E-state index >= 15 is 0 Å². The van der Waals surface area contributed by atoms with E-state index < -0.39 is 0 Å². The molecule has 1 amide bonds. The molecule has 0 aliphatic carbocycles. The van der Waals surface area contributed by atoms with Gasteiger partial charge >= 0.3 is 0 Å². The molecule has 1 aromatic rings. The molecule has 0 unspecified atom stereocenters. The van der Waals surface area contributed by atoms with Crippen LogP contribution in [0.25, 0.3) is 0 Å². The summed E-state index contributed by atoms with van der Waals surface area (Å²) in [4.78, 5) is 14.7. The monoisotopic (exact) mass is 334 g/mol. The van der Waals surface area contributed by atoms with Crippen molar-refractivity contribution >= 4 is 23.4 Å². The molecule has 1 N–H and O–H groups in total. The quantitative estimate of drug-likeness (QED) is 0.830. The van der Waals surface area contributed by atoms with Gasteiger partial charge in [0.25, 0.3) is 0 Å². The lowest BCUT2D eigenvalue weighted by Gasteiger charge is -2.33. The van der Waals surface area contributed by atoms with Crippen LogP contribution in [0.5, 0.6) is 0 Å². The van der Waals surface area contributed by atoms with Gasteiger partial charge in [0.2, 0.25) is 5.91 Å². The van der Waals surface area contributed by atoms with E-state index in [2.05, 4.69) is 62.2 Å². The van der Waals surface area contributed by atoms with Crippen molar-refractivity contribution in [2.75, 3.05) is 30.3 Å². The number of nitrogens with one attached hydrogen (secondary N) is 1. The highest BCUT2D eigenvalue weighted by Crippen LogP contribution is 2.24. The van der Waals surface area contributed by atoms with Crippen LogP contribution in [-0.2, 0) is 4.79 Å². The fourth-order valence-corrected chi connectivity index (χ4v) is 3.65. The highest BCUT2D eigenvalue weighted by atomic mass is 32.2. The van der Waals surface area contributed by atoms with Gasteiger partial charge in [-0.3, -0.25) is 4.79 Å². The molecule has 1 heterocycles. The Kier molecular flexibility index (Phi) is 6.40. The first-order valence-electron chi connectivity index (χ1n) is 8.58. The highest BCUT2D eigenvalue weighted by Gasteiger charge is 2.24. The fraction of sp³-hybridized carbons (Fsp3) is 0.632. The molecule has 1 aliphatic heterocycles. The Morgan fingerprint density at radius 1 is 1.22 bits per heavy atom. The summed E-state index contributed by atoms with van der Waals surface area (Å²) in [5.41, 5.74) is 2.56. The van der Waals surface area contributed by atoms with E-state index in [9.17, 15) is 4.79 Å². The topological polar surface area (TPSA) is 32.3 Å². The molecule has 0 radical (unpaired) electrons. The standard InChI is InChI=1S/C19H30N2OS/c1-15-5-7-17(8-6-15)21-12-9-16(10-13-21)18(22)20-11-14-23-19(2,3)4/h5-8,16H,9-14H2,1-4H3,(H,20,22). The first-order valence-corrected chi connectivity index (χ1v) is 9.57. The molecule has 0 saturated carbocycles. The highest BCUT2D eigenvalue weighted by molar-refractivity contribution is 8.00. The lowest BCUT2D eigenvalue weighted by atomic mass is 9.95. The van der Waals surface area contributed by atoms with Crippen molar-refractivity contribution < 1.29 is 4.79 Å². The molecule has 23 heavy (non-hydrogen) atoms. The van der Waals surface area contributed by atoms with Crippen LogP contribution in [0, 0.1) is 12.8 Å². The molecule has 128 valence electrons. The summed E-state index contributed by atoms with van der Waals surface area (Å²) >= 11 is 1.90. The Hall–Kier alpha value is -1.16. The first-order chi connectivity index (χ1) is 10.8. The Morgan fingerprint density at radius 2 is 1.83 bits per heavy atom. The molecule has 1 saturated heterocycles. The zero-order valence-electron chi connectivity index (χ0n) is 14.9. The number of anilines is 1. The lowest BCUT2D eigenvalue weighted by molar-refractivity contribution is -0.125. The Bertz CT molecular complexity index is 499. The lowest BCUT2D eigenvalue weighted by Crippen LogP contribution is -2.41. The van der Waals surface area contributed by atoms with Crippen molar-refractivity contribution in [1.29, 1.82) is 0 Å². The Labute approximate surface area is 145 Å². The van der Waals surface area contributed by atoms with Crippen LogP contribution in [0.2, 0.25) is 0 Å². The second kappa shape index (κ2) is 8.09. The molecule has 3 nitrogen and oxygen atoms in total. The van der Waals surface area contributed by atoms with E-state index in [-0.39, 0.29) is 16.6 Å². The number of aryl methyl sites for hydroxylation is 1. The van der Waals surface area contributed by atoms with Gasteiger partial charge in [-0.25, -0.2) is 0 Å². The minimum absolute atomic E-state index is 0.177. The molecule has 0 atom stereocenters. The molecule has 1 aliphatic rings. The molecule has 1 aromatic carbocycles. The Balaban J connectivity index is 1.71. The summed E-state index contributed by atoms with van der Waals surface area (Å²) in [6, 6.07) is 8.67. The van der Waals surface area contributed by atoms with Crippen LogP contribution < -0.4 is 10.2 Å². The van der Waals surface area contributed by atoms with E-state index in [4.69, 9.17) is 0 Å². The second-order valence-electron chi connectivity index (χ2n) is 7.35. The van der Waals surface area contributed by atoms with E-state index in [1.165, 1.54) is 11.3 Å². The van der Waals surface area contributed by atoms with Crippen LogP contribution in [0.3, 0.4) is 0 Å². The van der Waals surface area contributed by atoms with Crippen molar-refractivity contribution in [3.05, 3.63) is 29.8 Å². The summed E-state index contributed by atoms with van der Waals surface area (Å²) in [7, 11) is 0. The molecule has 4 heteroatoms. The number of rotatable bonds is 5. The van der Waals surface area contributed by atoms with Gasteiger partial charge in [-0.15, -0.1) is 0 Å². The number of hydrogen-bond donors (Lipinski definition) is 1. The van der Waals surface area contributed by atoms with Crippen LogP contribution in [0.1, 0.15) is 39.2 Å². The van der Waals surface area contributed by atoms with E-state index in [1.807, 2.05) is 11.8 Å². The summed E-state index contributed by atoms with van der Waals surface area (Å²) in [6.07, 6.45) is 1.90. The predicted molar refractivity (Wildman–Crippen MR) is 101 cm³/mol. The summed E-state index contributed by atoms with van der Waals surface area (Å²) in [5.74, 6) is 1.40. The van der Waals surface area contributed by atoms with Crippen molar-refractivity contribution in [3.8, 4) is 0 Å². The number of thioether (sulfide) groups is 1. The van der Waals surface area contributed by atoms with Gasteiger partial charge in [0.15, 0.2) is 0 Å². The van der Waals surface area contributed by atoms with Gasteiger partial charge < -0.3 is 10.2 Å². The summed E-state index contributed by atoms with van der Waals surface area (Å²) < 4.78 is 0.268. The van der Waals surface area contributed by atoms with Crippen LogP contribution in [0.4, 0.5) is 5.69 Å². The third-order valence-electron chi connectivity index (χ3n) is 4.20. The number of hydrogen-bond acceptors (Lipinski definition) is 3. The van der Waals surface area contributed by atoms with Gasteiger partial charge in [0.1, 0.15) is 0 Å². The maximum atomic E-state index is 12.3. The SMILES string of the molecule is Cc1ccc(N2CCC(C(=O)NCCSC(C)(C)C)CC2)cc1. The number of nitrogens with zero attached hydrogens (tertiary/aromatic N) is 1. The maximum absolute atomic E-state index is 12.3.